The number of hydrogen-bond donors (Lipinski definition) is 0. The Balaban J connectivity index is 3.23. The Hall–Kier alpha value is -0.390. The van der Waals surface area contributed by atoms with Crippen molar-refractivity contribution < 1.29 is 8.42 Å². The van der Waals surface area contributed by atoms with Crippen LogP contribution in [0.25, 0.3) is 0 Å². The molecule has 0 aromatic heterocycles. The van der Waals surface area contributed by atoms with E-state index in [4.69, 9.17) is 0 Å². The van der Waals surface area contributed by atoms with E-state index >= 15 is 0 Å². The van der Waals surface area contributed by atoms with E-state index in [1.165, 1.54) is 0 Å². The van der Waals surface area contributed by atoms with Crippen LogP contribution in [-0.2, 0) is 10.0 Å². The molecular weight excluding hydrogens is 338 g/mol. The minimum absolute atomic E-state index is 0.0568. The van der Waals surface area contributed by atoms with E-state index in [1.54, 1.807) is 22.5 Å². The Morgan fingerprint density at radius 2 is 1.80 bits per heavy atom. The van der Waals surface area contributed by atoms with Crippen LogP contribution in [0.4, 0.5) is 0 Å². The molecule has 0 bridgehead atoms. The topological polar surface area (TPSA) is 37.4 Å². The third-order valence-electron chi connectivity index (χ3n) is 3.30. The molecule has 5 heteroatoms. The van der Waals surface area contributed by atoms with Gasteiger partial charge in [0.1, 0.15) is 0 Å². The van der Waals surface area contributed by atoms with Gasteiger partial charge in [-0.25, -0.2) is 8.42 Å². The standard InChI is InChI=1S/C15H24BrNO2S/c1-5-14(6-2)17(11-12(3)4)20(18,19)15-9-7-8-13(16)10-15/h7-10,12,14H,5-6,11H2,1-4H3. The Morgan fingerprint density at radius 3 is 2.25 bits per heavy atom. The maximum Gasteiger partial charge on any atom is 0.243 e. The molecule has 0 amide bonds. The second-order valence-electron chi connectivity index (χ2n) is 5.40. The zero-order valence-corrected chi connectivity index (χ0v) is 15.0. The average Bonchev–Trinajstić information content (AvgIpc) is 2.38. The molecule has 0 saturated heterocycles. The van der Waals surface area contributed by atoms with E-state index in [-0.39, 0.29) is 6.04 Å². The first-order valence-corrected chi connectivity index (χ1v) is 9.33. The van der Waals surface area contributed by atoms with E-state index in [9.17, 15) is 8.42 Å². The van der Waals surface area contributed by atoms with E-state index in [2.05, 4.69) is 15.9 Å². The number of benzene rings is 1. The second kappa shape index (κ2) is 7.57. The largest absolute Gasteiger partial charge is 0.243 e. The average molecular weight is 362 g/mol. The van der Waals surface area contributed by atoms with Gasteiger partial charge in [-0.05, 0) is 37.0 Å². The van der Waals surface area contributed by atoms with Crippen LogP contribution in [0.3, 0.4) is 0 Å². The number of nitrogens with zero attached hydrogens (tertiary/aromatic N) is 1. The third kappa shape index (κ3) is 4.30. The SMILES string of the molecule is CCC(CC)N(CC(C)C)S(=O)(=O)c1cccc(Br)c1. The molecule has 1 aromatic carbocycles. The van der Waals surface area contributed by atoms with E-state index in [1.807, 2.05) is 33.8 Å². The van der Waals surface area contributed by atoms with Gasteiger partial charge in [0.15, 0.2) is 0 Å². The number of sulfonamides is 1. The van der Waals surface area contributed by atoms with Crippen molar-refractivity contribution in [2.24, 2.45) is 5.92 Å². The van der Waals surface area contributed by atoms with Gasteiger partial charge in [0.2, 0.25) is 10.0 Å². The molecule has 1 rings (SSSR count). The molecule has 0 unspecified atom stereocenters. The van der Waals surface area contributed by atoms with Crippen molar-refractivity contribution in [3.63, 3.8) is 0 Å². The quantitative estimate of drug-likeness (QED) is 0.726. The van der Waals surface area contributed by atoms with E-state index in [0.717, 1.165) is 17.3 Å². The first-order chi connectivity index (χ1) is 9.32. The predicted octanol–water partition coefficient (Wildman–Crippen LogP) is 4.28. The van der Waals surface area contributed by atoms with Crippen molar-refractivity contribution in [2.45, 2.75) is 51.5 Å². The summed E-state index contributed by atoms with van der Waals surface area (Å²) < 4.78 is 28.2. The van der Waals surface area contributed by atoms with Crippen LogP contribution in [0, 0.1) is 5.92 Å². The Kier molecular flexibility index (Phi) is 6.69. The fraction of sp³-hybridized carbons (Fsp3) is 0.600. The summed E-state index contributed by atoms with van der Waals surface area (Å²) in [6, 6.07) is 6.99. The summed E-state index contributed by atoms with van der Waals surface area (Å²) in [6.07, 6.45) is 1.66. The molecule has 0 fully saturated rings. The number of halogens is 1. The van der Waals surface area contributed by atoms with Gasteiger partial charge in [-0.1, -0.05) is 49.7 Å². The minimum Gasteiger partial charge on any atom is -0.207 e. The van der Waals surface area contributed by atoms with Gasteiger partial charge in [0, 0.05) is 17.1 Å². The summed E-state index contributed by atoms with van der Waals surface area (Å²) in [4.78, 5) is 0.361. The van der Waals surface area contributed by atoms with Gasteiger partial charge in [0.25, 0.3) is 0 Å². The summed E-state index contributed by atoms with van der Waals surface area (Å²) in [5.41, 5.74) is 0. The lowest BCUT2D eigenvalue weighted by Gasteiger charge is -2.31. The van der Waals surface area contributed by atoms with Gasteiger partial charge < -0.3 is 0 Å². The summed E-state index contributed by atoms with van der Waals surface area (Å²) in [7, 11) is -3.44. The summed E-state index contributed by atoms with van der Waals surface area (Å²) in [6.45, 7) is 8.73. The zero-order chi connectivity index (χ0) is 15.3. The zero-order valence-electron chi connectivity index (χ0n) is 12.6. The van der Waals surface area contributed by atoms with Crippen LogP contribution in [-0.4, -0.2) is 25.3 Å². The summed E-state index contributed by atoms with van der Waals surface area (Å²) in [5.74, 6) is 0.303. The fourth-order valence-electron chi connectivity index (χ4n) is 2.26. The van der Waals surface area contributed by atoms with Gasteiger partial charge >= 0.3 is 0 Å². The molecule has 3 nitrogen and oxygen atoms in total. The van der Waals surface area contributed by atoms with Gasteiger partial charge in [-0.15, -0.1) is 0 Å². The fourth-order valence-corrected chi connectivity index (χ4v) is 4.80. The smallest absolute Gasteiger partial charge is 0.207 e. The van der Waals surface area contributed by atoms with Gasteiger partial charge in [-0.2, -0.15) is 4.31 Å². The van der Waals surface area contributed by atoms with Crippen LogP contribution in [0.15, 0.2) is 33.6 Å². The lowest BCUT2D eigenvalue weighted by Crippen LogP contribution is -2.41. The number of rotatable bonds is 7. The maximum absolute atomic E-state index is 12.9. The molecule has 1 aromatic rings. The van der Waals surface area contributed by atoms with E-state index in [0.29, 0.717) is 17.4 Å². The summed E-state index contributed by atoms with van der Waals surface area (Å²) in [5, 5.41) is 0. The second-order valence-corrected chi connectivity index (χ2v) is 8.20. The Bertz CT molecular complexity index is 524. The molecule has 20 heavy (non-hydrogen) atoms. The minimum atomic E-state index is -3.44. The molecule has 0 aliphatic rings. The molecule has 0 spiro atoms. The Labute approximate surface area is 131 Å². The van der Waals surface area contributed by atoms with Gasteiger partial charge in [0.05, 0.1) is 4.90 Å². The predicted molar refractivity (Wildman–Crippen MR) is 87.2 cm³/mol. The Morgan fingerprint density at radius 1 is 1.20 bits per heavy atom. The van der Waals surface area contributed by atoms with Crippen molar-refractivity contribution in [2.75, 3.05) is 6.54 Å². The molecule has 0 radical (unpaired) electrons. The molecule has 0 aliphatic carbocycles. The molecule has 0 atom stereocenters. The highest BCUT2D eigenvalue weighted by molar-refractivity contribution is 9.10. The van der Waals surface area contributed by atoms with Crippen LogP contribution < -0.4 is 0 Å². The highest BCUT2D eigenvalue weighted by atomic mass is 79.9. The highest BCUT2D eigenvalue weighted by Crippen LogP contribution is 2.24. The molecule has 0 aliphatic heterocycles. The molecular formula is C15H24BrNO2S. The first kappa shape index (κ1) is 17.7. The highest BCUT2D eigenvalue weighted by Gasteiger charge is 2.30. The monoisotopic (exact) mass is 361 g/mol. The molecule has 0 saturated carbocycles. The molecule has 0 heterocycles. The summed E-state index contributed by atoms with van der Waals surface area (Å²) >= 11 is 3.34. The van der Waals surface area contributed by atoms with E-state index < -0.39 is 10.0 Å². The van der Waals surface area contributed by atoms with Crippen LogP contribution in [0.5, 0.6) is 0 Å². The lowest BCUT2D eigenvalue weighted by molar-refractivity contribution is 0.277. The maximum atomic E-state index is 12.9. The van der Waals surface area contributed by atoms with Crippen molar-refractivity contribution in [1.29, 1.82) is 0 Å². The molecule has 0 N–H and O–H groups in total. The van der Waals surface area contributed by atoms with Crippen LogP contribution >= 0.6 is 15.9 Å². The first-order valence-electron chi connectivity index (χ1n) is 7.10. The number of hydrogen-bond acceptors (Lipinski definition) is 2. The third-order valence-corrected chi connectivity index (χ3v) is 5.71. The van der Waals surface area contributed by atoms with Crippen molar-refractivity contribution in [3.05, 3.63) is 28.7 Å². The van der Waals surface area contributed by atoms with Gasteiger partial charge in [-0.3, -0.25) is 0 Å². The normalized spacial score (nSPS) is 12.6. The van der Waals surface area contributed by atoms with Crippen LogP contribution in [0.2, 0.25) is 0 Å². The van der Waals surface area contributed by atoms with Crippen molar-refractivity contribution in [3.8, 4) is 0 Å². The molecule has 114 valence electrons. The van der Waals surface area contributed by atoms with Crippen molar-refractivity contribution >= 4 is 26.0 Å². The van der Waals surface area contributed by atoms with Crippen molar-refractivity contribution in [1.82, 2.24) is 4.31 Å². The van der Waals surface area contributed by atoms with Crippen LogP contribution in [0.1, 0.15) is 40.5 Å². The lowest BCUT2D eigenvalue weighted by atomic mass is 10.1.